The number of benzene rings is 1. The number of carbonyl (C=O) groups is 1. The lowest BCUT2D eigenvalue weighted by Gasteiger charge is -2.24. The SMILES string of the molecule is CCC1(CC)C[C@H](CCN2C[C@@H]3CN(c4cccc(C#N)c4)C[C@H]3C2)OC1=O. The van der Waals surface area contributed by atoms with Crippen LogP contribution >= 0.6 is 0 Å². The van der Waals surface area contributed by atoms with Crippen molar-refractivity contribution in [2.45, 2.75) is 45.6 Å². The van der Waals surface area contributed by atoms with E-state index in [-0.39, 0.29) is 17.5 Å². The average molecular weight is 382 g/mol. The van der Waals surface area contributed by atoms with Gasteiger partial charge in [-0.3, -0.25) is 4.79 Å². The molecule has 0 radical (unpaired) electrons. The van der Waals surface area contributed by atoms with Crippen LogP contribution in [0.1, 0.15) is 45.1 Å². The van der Waals surface area contributed by atoms with Gasteiger partial charge >= 0.3 is 5.97 Å². The molecule has 0 aromatic heterocycles. The zero-order valence-electron chi connectivity index (χ0n) is 17.1. The van der Waals surface area contributed by atoms with Gasteiger partial charge in [-0.1, -0.05) is 19.9 Å². The molecule has 1 aromatic carbocycles. The summed E-state index contributed by atoms with van der Waals surface area (Å²) in [5.41, 5.74) is 1.68. The molecular formula is C23H31N3O2. The number of nitriles is 1. The van der Waals surface area contributed by atoms with Crippen LogP contribution in [-0.4, -0.2) is 49.7 Å². The molecule has 0 amide bonds. The number of esters is 1. The van der Waals surface area contributed by atoms with Crippen molar-refractivity contribution in [1.29, 1.82) is 5.26 Å². The number of cyclic esters (lactones) is 1. The first-order chi connectivity index (χ1) is 13.6. The molecule has 0 saturated carbocycles. The van der Waals surface area contributed by atoms with Crippen LogP contribution in [0.25, 0.3) is 0 Å². The molecule has 3 saturated heterocycles. The van der Waals surface area contributed by atoms with Gasteiger partial charge in [0.2, 0.25) is 0 Å². The van der Waals surface area contributed by atoms with Gasteiger partial charge in [-0.05, 0) is 49.3 Å². The van der Waals surface area contributed by atoms with Crippen molar-refractivity contribution in [2.75, 3.05) is 37.6 Å². The Morgan fingerprint density at radius 2 is 1.89 bits per heavy atom. The van der Waals surface area contributed by atoms with Gasteiger partial charge in [0.1, 0.15) is 6.10 Å². The van der Waals surface area contributed by atoms with E-state index in [2.05, 4.69) is 35.8 Å². The van der Waals surface area contributed by atoms with E-state index < -0.39 is 0 Å². The summed E-state index contributed by atoms with van der Waals surface area (Å²) in [4.78, 5) is 17.3. The topological polar surface area (TPSA) is 56.6 Å². The molecule has 0 spiro atoms. The van der Waals surface area contributed by atoms with Crippen LogP contribution in [0.5, 0.6) is 0 Å². The summed E-state index contributed by atoms with van der Waals surface area (Å²) in [6.07, 6.45) is 3.71. The standard InChI is InChI=1S/C23H31N3O2/c1-3-23(4-2)11-21(28-22(23)27)8-9-25-13-18-15-26(16-19(18)14-25)20-7-5-6-17(10-20)12-24/h5-7,10,18-19,21H,3-4,8-9,11,13-16H2,1-2H3/t18-,19-,21+/m1/s1. The first kappa shape index (κ1) is 19.3. The molecule has 0 unspecified atom stereocenters. The molecule has 4 rings (SSSR count). The number of ether oxygens (including phenoxy) is 1. The van der Waals surface area contributed by atoms with Gasteiger partial charge in [0, 0.05) is 44.8 Å². The van der Waals surface area contributed by atoms with Gasteiger partial charge in [0.25, 0.3) is 0 Å². The van der Waals surface area contributed by atoms with E-state index >= 15 is 0 Å². The molecule has 5 heteroatoms. The maximum absolute atomic E-state index is 12.3. The Morgan fingerprint density at radius 3 is 2.50 bits per heavy atom. The molecule has 0 aliphatic carbocycles. The number of nitrogens with zero attached hydrogens (tertiary/aromatic N) is 3. The molecule has 3 aliphatic heterocycles. The van der Waals surface area contributed by atoms with Crippen molar-refractivity contribution in [1.82, 2.24) is 4.90 Å². The number of likely N-dealkylation sites (tertiary alicyclic amines) is 1. The largest absolute Gasteiger partial charge is 0.462 e. The summed E-state index contributed by atoms with van der Waals surface area (Å²) in [6, 6.07) is 10.2. The molecule has 3 aliphatic rings. The number of anilines is 1. The molecular weight excluding hydrogens is 350 g/mol. The highest BCUT2D eigenvalue weighted by Gasteiger charge is 2.46. The van der Waals surface area contributed by atoms with Gasteiger partial charge in [-0.25, -0.2) is 0 Å². The van der Waals surface area contributed by atoms with E-state index in [4.69, 9.17) is 10.00 Å². The highest BCUT2D eigenvalue weighted by atomic mass is 16.6. The van der Waals surface area contributed by atoms with E-state index in [0.717, 1.165) is 64.0 Å². The van der Waals surface area contributed by atoms with Crippen LogP contribution in [0.2, 0.25) is 0 Å². The van der Waals surface area contributed by atoms with Crippen molar-refractivity contribution < 1.29 is 9.53 Å². The molecule has 1 aromatic rings. The molecule has 5 nitrogen and oxygen atoms in total. The molecule has 0 N–H and O–H groups in total. The van der Waals surface area contributed by atoms with E-state index in [9.17, 15) is 4.79 Å². The van der Waals surface area contributed by atoms with Crippen molar-refractivity contribution in [3.8, 4) is 6.07 Å². The molecule has 3 atom stereocenters. The maximum Gasteiger partial charge on any atom is 0.312 e. The zero-order chi connectivity index (χ0) is 19.7. The third-order valence-electron chi connectivity index (χ3n) is 7.35. The fourth-order valence-corrected chi connectivity index (χ4v) is 5.41. The number of carbonyl (C=O) groups excluding carboxylic acids is 1. The minimum absolute atomic E-state index is 0.0241. The molecule has 28 heavy (non-hydrogen) atoms. The van der Waals surface area contributed by atoms with E-state index in [1.165, 1.54) is 5.69 Å². The van der Waals surface area contributed by atoms with Crippen LogP contribution in [0.4, 0.5) is 5.69 Å². The number of hydrogen-bond acceptors (Lipinski definition) is 5. The first-order valence-electron chi connectivity index (χ1n) is 10.8. The number of rotatable bonds is 6. The molecule has 3 heterocycles. The second kappa shape index (κ2) is 7.75. The second-order valence-corrected chi connectivity index (χ2v) is 8.85. The van der Waals surface area contributed by atoms with Gasteiger partial charge in [0.15, 0.2) is 0 Å². The van der Waals surface area contributed by atoms with E-state index in [1.54, 1.807) is 0 Å². The van der Waals surface area contributed by atoms with Crippen LogP contribution in [0.15, 0.2) is 24.3 Å². The first-order valence-corrected chi connectivity index (χ1v) is 10.8. The number of fused-ring (bicyclic) bond motifs is 1. The quantitative estimate of drug-likeness (QED) is 0.707. The average Bonchev–Trinajstić information content (AvgIpc) is 3.37. The normalized spacial score (nSPS) is 29.0. The van der Waals surface area contributed by atoms with E-state index in [0.29, 0.717) is 11.8 Å². The predicted octanol–water partition coefficient (Wildman–Crippen LogP) is 3.44. The Hall–Kier alpha value is -2.06. The van der Waals surface area contributed by atoms with Crippen molar-refractivity contribution in [2.24, 2.45) is 17.3 Å². The Labute approximate surface area is 168 Å². The molecule has 150 valence electrons. The van der Waals surface area contributed by atoms with Crippen LogP contribution in [0, 0.1) is 28.6 Å². The molecule has 0 bridgehead atoms. The fourth-order valence-electron chi connectivity index (χ4n) is 5.41. The summed E-state index contributed by atoms with van der Waals surface area (Å²) in [5.74, 6) is 1.42. The van der Waals surface area contributed by atoms with E-state index in [1.807, 2.05) is 18.2 Å². The lowest BCUT2D eigenvalue weighted by Crippen LogP contribution is -2.31. The highest BCUT2D eigenvalue weighted by Crippen LogP contribution is 2.41. The summed E-state index contributed by atoms with van der Waals surface area (Å²) < 4.78 is 5.71. The summed E-state index contributed by atoms with van der Waals surface area (Å²) in [7, 11) is 0. The molecule has 3 fully saturated rings. The summed E-state index contributed by atoms with van der Waals surface area (Å²) in [5, 5.41) is 9.12. The van der Waals surface area contributed by atoms with Gasteiger partial charge < -0.3 is 14.5 Å². The number of hydrogen-bond donors (Lipinski definition) is 0. The Kier molecular flexibility index (Phi) is 5.33. The highest BCUT2D eigenvalue weighted by molar-refractivity contribution is 5.78. The smallest absolute Gasteiger partial charge is 0.312 e. The fraction of sp³-hybridized carbons (Fsp3) is 0.652. The van der Waals surface area contributed by atoms with Crippen LogP contribution in [0.3, 0.4) is 0 Å². The Morgan fingerprint density at radius 1 is 1.18 bits per heavy atom. The van der Waals surface area contributed by atoms with Gasteiger partial charge in [0.05, 0.1) is 17.0 Å². The van der Waals surface area contributed by atoms with Crippen LogP contribution in [-0.2, 0) is 9.53 Å². The lowest BCUT2D eigenvalue weighted by atomic mass is 9.79. The lowest BCUT2D eigenvalue weighted by molar-refractivity contribution is -0.149. The van der Waals surface area contributed by atoms with Gasteiger partial charge in [-0.2, -0.15) is 5.26 Å². The third kappa shape index (κ3) is 3.51. The van der Waals surface area contributed by atoms with Gasteiger partial charge in [-0.15, -0.1) is 0 Å². The van der Waals surface area contributed by atoms with Crippen molar-refractivity contribution in [3.63, 3.8) is 0 Å². The Balaban J connectivity index is 1.27. The van der Waals surface area contributed by atoms with Crippen molar-refractivity contribution in [3.05, 3.63) is 29.8 Å². The minimum atomic E-state index is -0.231. The van der Waals surface area contributed by atoms with Crippen molar-refractivity contribution >= 4 is 11.7 Å². The maximum atomic E-state index is 12.3. The minimum Gasteiger partial charge on any atom is -0.462 e. The third-order valence-corrected chi connectivity index (χ3v) is 7.35. The second-order valence-electron chi connectivity index (χ2n) is 8.85. The summed E-state index contributed by atoms with van der Waals surface area (Å²) >= 11 is 0. The zero-order valence-corrected chi connectivity index (χ0v) is 17.1. The Bertz CT molecular complexity index is 753. The van der Waals surface area contributed by atoms with Crippen LogP contribution < -0.4 is 4.90 Å². The monoisotopic (exact) mass is 381 g/mol. The predicted molar refractivity (Wildman–Crippen MR) is 109 cm³/mol. The summed E-state index contributed by atoms with van der Waals surface area (Å²) in [6.45, 7) is 9.64.